The molecule has 0 bridgehead atoms. The molecule has 86 valence electrons. The van der Waals surface area contributed by atoms with Crippen LogP contribution in [0.1, 0.15) is 24.3 Å². The lowest BCUT2D eigenvalue weighted by atomic mass is 9.91. The van der Waals surface area contributed by atoms with E-state index in [2.05, 4.69) is 10.3 Å². The maximum Gasteiger partial charge on any atom is 0.144 e. The van der Waals surface area contributed by atoms with Crippen LogP contribution in [-0.2, 0) is 0 Å². The van der Waals surface area contributed by atoms with Crippen LogP contribution in [0.2, 0.25) is 0 Å². The van der Waals surface area contributed by atoms with Crippen LogP contribution in [0.25, 0.3) is 0 Å². The minimum Gasteiger partial charge on any atom is -0.317 e. The largest absolute Gasteiger partial charge is 0.317 e. The third-order valence-corrected chi connectivity index (χ3v) is 2.58. The number of nitrogens with one attached hydrogen (secondary N) is 1. The van der Waals surface area contributed by atoms with E-state index in [4.69, 9.17) is 0 Å². The molecule has 5 heteroatoms. The Labute approximate surface area is 101 Å². The van der Waals surface area contributed by atoms with Crippen molar-refractivity contribution in [2.24, 2.45) is 0 Å². The van der Waals surface area contributed by atoms with E-state index in [0.717, 1.165) is 31.5 Å². The second-order valence-electron chi connectivity index (χ2n) is 3.42. The van der Waals surface area contributed by atoms with Gasteiger partial charge in [-0.2, -0.15) is 0 Å². The zero-order valence-electron chi connectivity index (χ0n) is 8.28. The second kappa shape index (κ2) is 6.99. The summed E-state index contributed by atoms with van der Waals surface area (Å²) < 4.78 is 13.3. The van der Waals surface area contributed by atoms with Gasteiger partial charge < -0.3 is 5.32 Å². The first-order chi connectivity index (χ1) is 6.38. The van der Waals surface area contributed by atoms with Crippen LogP contribution in [0.15, 0.2) is 18.5 Å². The summed E-state index contributed by atoms with van der Waals surface area (Å²) in [7, 11) is 0. The Kier molecular flexibility index (Phi) is 6.81. The monoisotopic (exact) mass is 252 g/mol. The average molecular weight is 253 g/mol. The highest BCUT2D eigenvalue weighted by atomic mass is 35.5. The van der Waals surface area contributed by atoms with Crippen LogP contribution < -0.4 is 5.32 Å². The Hall–Kier alpha value is -0.380. The van der Waals surface area contributed by atoms with Gasteiger partial charge in [0.1, 0.15) is 5.82 Å². The lowest BCUT2D eigenvalue weighted by Crippen LogP contribution is -2.27. The van der Waals surface area contributed by atoms with Crippen LogP contribution in [-0.4, -0.2) is 18.1 Å². The van der Waals surface area contributed by atoms with Crippen LogP contribution in [0.5, 0.6) is 0 Å². The molecule has 0 spiro atoms. The van der Waals surface area contributed by atoms with E-state index in [-0.39, 0.29) is 30.6 Å². The quantitative estimate of drug-likeness (QED) is 0.831. The highest BCUT2D eigenvalue weighted by molar-refractivity contribution is 5.85. The van der Waals surface area contributed by atoms with Crippen LogP contribution in [0, 0.1) is 5.82 Å². The smallest absolute Gasteiger partial charge is 0.144 e. The first kappa shape index (κ1) is 14.6. The van der Waals surface area contributed by atoms with E-state index in [0.29, 0.717) is 5.92 Å². The SMILES string of the molecule is Cl.Cl.Fc1cnccc1C1CCNCC1. The number of halogens is 3. The molecule has 1 saturated heterocycles. The van der Waals surface area contributed by atoms with E-state index < -0.39 is 0 Å². The van der Waals surface area contributed by atoms with E-state index in [1.54, 1.807) is 12.3 Å². The number of piperidine rings is 1. The molecule has 0 unspecified atom stereocenters. The average Bonchev–Trinajstić information content (AvgIpc) is 2.20. The first-order valence-electron chi connectivity index (χ1n) is 4.68. The van der Waals surface area contributed by atoms with E-state index in [1.807, 2.05) is 0 Å². The summed E-state index contributed by atoms with van der Waals surface area (Å²) in [5.41, 5.74) is 0.830. The lowest BCUT2D eigenvalue weighted by molar-refractivity contribution is 0.444. The Bertz CT molecular complexity index is 291. The molecule has 0 radical (unpaired) electrons. The number of hydrogen-bond acceptors (Lipinski definition) is 2. The molecule has 0 saturated carbocycles. The van der Waals surface area contributed by atoms with Crippen molar-refractivity contribution in [1.82, 2.24) is 10.3 Å². The fourth-order valence-electron chi connectivity index (χ4n) is 1.85. The van der Waals surface area contributed by atoms with E-state index >= 15 is 0 Å². The predicted molar refractivity (Wildman–Crippen MR) is 63.5 cm³/mol. The molecule has 1 aliphatic rings. The van der Waals surface area contributed by atoms with Crippen molar-refractivity contribution in [3.05, 3.63) is 29.8 Å². The van der Waals surface area contributed by atoms with Crippen LogP contribution in [0.4, 0.5) is 4.39 Å². The Morgan fingerprint density at radius 1 is 1.27 bits per heavy atom. The Balaban J connectivity index is 0.000000980. The topological polar surface area (TPSA) is 24.9 Å². The maximum absolute atomic E-state index is 13.3. The molecule has 2 nitrogen and oxygen atoms in total. The number of rotatable bonds is 1. The van der Waals surface area contributed by atoms with Crippen molar-refractivity contribution < 1.29 is 4.39 Å². The third kappa shape index (κ3) is 3.59. The molecule has 0 aromatic carbocycles. The van der Waals surface area contributed by atoms with Gasteiger partial charge in [-0.3, -0.25) is 4.98 Å². The molecule has 0 amide bonds. The Morgan fingerprint density at radius 3 is 2.53 bits per heavy atom. The number of aromatic nitrogens is 1. The summed E-state index contributed by atoms with van der Waals surface area (Å²) in [4.78, 5) is 3.75. The fraction of sp³-hybridized carbons (Fsp3) is 0.500. The van der Waals surface area contributed by atoms with Crippen LogP contribution in [0.3, 0.4) is 0 Å². The van der Waals surface area contributed by atoms with Crippen molar-refractivity contribution in [1.29, 1.82) is 0 Å². The third-order valence-electron chi connectivity index (χ3n) is 2.58. The molecule has 1 fully saturated rings. The van der Waals surface area contributed by atoms with Gasteiger partial charge in [0.05, 0.1) is 6.20 Å². The van der Waals surface area contributed by atoms with Gasteiger partial charge in [0.25, 0.3) is 0 Å². The zero-order valence-corrected chi connectivity index (χ0v) is 9.91. The van der Waals surface area contributed by atoms with Gasteiger partial charge in [-0.05, 0) is 43.5 Å². The van der Waals surface area contributed by atoms with Crippen molar-refractivity contribution in [2.45, 2.75) is 18.8 Å². The molecule has 1 N–H and O–H groups in total. The van der Waals surface area contributed by atoms with Gasteiger partial charge in [-0.15, -0.1) is 24.8 Å². The highest BCUT2D eigenvalue weighted by Crippen LogP contribution is 2.26. The summed E-state index contributed by atoms with van der Waals surface area (Å²) in [6, 6.07) is 1.80. The zero-order chi connectivity index (χ0) is 9.10. The van der Waals surface area contributed by atoms with Crippen molar-refractivity contribution in [2.75, 3.05) is 13.1 Å². The number of pyridine rings is 1. The van der Waals surface area contributed by atoms with Crippen molar-refractivity contribution in [3.63, 3.8) is 0 Å². The van der Waals surface area contributed by atoms with E-state index in [1.165, 1.54) is 6.20 Å². The van der Waals surface area contributed by atoms with Crippen molar-refractivity contribution in [3.8, 4) is 0 Å². The van der Waals surface area contributed by atoms with Crippen molar-refractivity contribution >= 4 is 24.8 Å². The minimum atomic E-state index is -0.158. The van der Waals surface area contributed by atoms with Gasteiger partial charge in [-0.1, -0.05) is 0 Å². The summed E-state index contributed by atoms with van der Waals surface area (Å²) in [6.45, 7) is 1.98. The molecule has 1 aromatic rings. The fourth-order valence-corrected chi connectivity index (χ4v) is 1.85. The van der Waals surface area contributed by atoms with Gasteiger partial charge >= 0.3 is 0 Å². The maximum atomic E-state index is 13.3. The molecule has 0 atom stereocenters. The summed E-state index contributed by atoms with van der Waals surface area (Å²) >= 11 is 0. The van der Waals surface area contributed by atoms with Gasteiger partial charge in [0.2, 0.25) is 0 Å². The first-order valence-corrected chi connectivity index (χ1v) is 4.68. The molecule has 1 aliphatic heterocycles. The lowest BCUT2D eigenvalue weighted by Gasteiger charge is -2.22. The van der Waals surface area contributed by atoms with E-state index in [9.17, 15) is 4.39 Å². The van der Waals surface area contributed by atoms with Gasteiger partial charge in [-0.25, -0.2) is 4.39 Å². The Morgan fingerprint density at radius 2 is 1.93 bits per heavy atom. The molecule has 15 heavy (non-hydrogen) atoms. The molecular weight excluding hydrogens is 238 g/mol. The highest BCUT2D eigenvalue weighted by Gasteiger charge is 2.17. The normalized spacial score (nSPS) is 16.3. The number of nitrogens with zero attached hydrogens (tertiary/aromatic N) is 1. The standard InChI is InChI=1S/C10H13FN2.2ClH/c11-10-7-13-6-3-9(10)8-1-4-12-5-2-8;;/h3,6-8,12H,1-2,4-5H2;2*1H. The molecule has 1 aromatic heterocycles. The molecule has 2 heterocycles. The summed E-state index contributed by atoms with van der Waals surface area (Å²) in [5, 5.41) is 3.27. The second-order valence-corrected chi connectivity index (χ2v) is 3.42. The minimum absolute atomic E-state index is 0. The van der Waals surface area contributed by atoms with Gasteiger partial charge in [0, 0.05) is 6.20 Å². The number of hydrogen-bond donors (Lipinski definition) is 1. The molecular formula is C10H15Cl2FN2. The van der Waals surface area contributed by atoms with Crippen LogP contribution >= 0.6 is 24.8 Å². The predicted octanol–water partition coefficient (Wildman–Crippen LogP) is 2.53. The van der Waals surface area contributed by atoms with Gasteiger partial charge in [0.15, 0.2) is 0 Å². The summed E-state index contributed by atoms with van der Waals surface area (Å²) in [5.74, 6) is 0.221. The molecule has 2 rings (SSSR count). The molecule has 0 aliphatic carbocycles. The summed E-state index contributed by atoms with van der Waals surface area (Å²) in [6.07, 6.45) is 5.03.